The number of carbonyl (C=O) groups is 1. The number of hydrogen-bond donors (Lipinski definition) is 1. The zero-order valence-corrected chi connectivity index (χ0v) is 25.1. The average molecular weight is 602 g/mol. The minimum Gasteiger partial charge on any atom is -0.474 e. The van der Waals surface area contributed by atoms with E-state index in [0.717, 1.165) is 41.7 Å². The van der Waals surface area contributed by atoms with Gasteiger partial charge in [0.25, 0.3) is 0 Å². The maximum Gasteiger partial charge on any atom is 0.415 e. The molecule has 2 aliphatic heterocycles. The number of halogens is 1. The third-order valence-corrected chi connectivity index (χ3v) is 7.67. The number of aromatic nitrogens is 4. The van der Waals surface area contributed by atoms with E-state index >= 15 is 0 Å². The van der Waals surface area contributed by atoms with Gasteiger partial charge in [0.1, 0.15) is 17.9 Å². The Kier molecular flexibility index (Phi) is 7.68. The number of nitrogens with one attached hydrogen (secondary N) is 1. The summed E-state index contributed by atoms with van der Waals surface area (Å²) in [5.74, 6) is 0.532. The van der Waals surface area contributed by atoms with Crippen molar-refractivity contribution in [1.82, 2.24) is 19.9 Å². The van der Waals surface area contributed by atoms with Crippen LogP contribution < -0.4 is 19.9 Å². The van der Waals surface area contributed by atoms with Crippen molar-refractivity contribution >= 4 is 50.5 Å². The van der Waals surface area contributed by atoms with Gasteiger partial charge >= 0.3 is 6.09 Å². The van der Waals surface area contributed by atoms with Gasteiger partial charge in [-0.1, -0.05) is 11.6 Å². The van der Waals surface area contributed by atoms with Crippen LogP contribution in [0.3, 0.4) is 0 Å². The summed E-state index contributed by atoms with van der Waals surface area (Å²) < 4.78 is 34.6. The highest BCUT2D eigenvalue weighted by Crippen LogP contribution is 2.39. The highest BCUT2D eigenvalue weighted by Gasteiger charge is 2.32. The molecular formula is C27H32ClN7O5S. The van der Waals surface area contributed by atoms with E-state index in [4.69, 9.17) is 26.1 Å². The summed E-state index contributed by atoms with van der Waals surface area (Å²) >= 11 is 6.27. The van der Waals surface area contributed by atoms with Crippen LogP contribution in [0.25, 0.3) is 0 Å². The lowest BCUT2D eigenvalue weighted by Gasteiger charge is -2.35. The van der Waals surface area contributed by atoms with E-state index in [1.165, 1.54) is 6.20 Å². The molecule has 2 aliphatic rings. The van der Waals surface area contributed by atoms with Crippen molar-refractivity contribution in [2.24, 2.45) is 0 Å². The van der Waals surface area contributed by atoms with Crippen molar-refractivity contribution in [2.75, 3.05) is 41.1 Å². The number of fused-ring (bicyclic) bond motifs is 2. The van der Waals surface area contributed by atoms with E-state index in [2.05, 4.69) is 25.2 Å². The number of amides is 1. The van der Waals surface area contributed by atoms with Gasteiger partial charge in [-0.2, -0.15) is 0 Å². The number of ether oxygens (including phenoxy) is 2. The third-order valence-electron chi connectivity index (χ3n) is 6.54. The second kappa shape index (κ2) is 10.9. The van der Waals surface area contributed by atoms with E-state index in [0.29, 0.717) is 42.9 Å². The van der Waals surface area contributed by atoms with Gasteiger partial charge in [-0.3, -0.25) is 9.88 Å². The van der Waals surface area contributed by atoms with Gasteiger partial charge in [-0.25, -0.2) is 28.2 Å². The summed E-state index contributed by atoms with van der Waals surface area (Å²) in [5, 5.41) is 3.34. The van der Waals surface area contributed by atoms with Gasteiger partial charge < -0.3 is 19.7 Å². The van der Waals surface area contributed by atoms with Gasteiger partial charge in [0.05, 0.1) is 59.0 Å². The Morgan fingerprint density at radius 2 is 1.95 bits per heavy atom. The van der Waals surface area contributed by atoms with Crippen LogP contribution in [0.5, 0.6) is 5.88 Å². The number of rotatable bonds is 5. The molecule has 0 aliphatic carbocycles. The van der Waals surface area contributed by atoms with E-state index < -0.39 is 21.5 Å². The Bertz CT molecular complexity index is 1610. The van der Waals surface area contributed by atoms with Crippen LogP contribution in [-0.4, -0.2) is 66.0 Å². The second-order valence-electron chi connectivity index (χ2n) is 11.1. The van der Waals surface area contributed by atoms with E-state index in [1.54, 1.807) is 23.4 Å². The minimum absolute atomic E-state index is 0.240. The smallest absolute Gasteiger partial charge is 0.415 e. The lowest BCUT2D eigenvalue weighted by Crippen LogP contribution is -2.42. The molecule has 0 radical (unpaired) electrons. The van der Waals surface area contributed by atoms with Gasteiger partial charge in [0.15, 0.2) is 9.84 Å². The van der Waals surface area contributed by atoms with E-state index in [1.807, 2.05) is 27.7 Å². The summed E-state index contributed by atoms with van der Waals surface area (Å²) in [5.41, 5.74) is 4.43. The molecule has 3 aromatic rings. The summed E-state index contributed by atoms with van der Waals surface area (Å²) in [6, 6.07) is 1.60. The minimum atomic E-state index is -3.27. The third kappa shape index (κ3) is 6.62. The molecule has 0 aromatic carbocycles. The number of sulfone groups is 1. The van der Waals surface area contributed by atoms with Crippen LogP contribution >= 0.6 is 11.6 Å². The first-order valence-electron chi connectivity index (χ1n) is 13.1. The summed E-state index contributed by atoms with van der Waals surface area (Å²) in [6.45, 7) is 9.40. The monoisotopic (exact) mass is 601 g/mol. The molecule has 1 N–H and O–H groups in total. The fourth-order valence-corrected chi connectivity index (χ4v) is 5.77. The van der Waals surface area contributed by atoms with Crippen LogP contribution in [-0.2, 0) is 33.3 Å². The molecule has 0 atom stereocenters. The molecule has 0 saturated carbocycles. The Hall–Kier alpha value is -3.71. The number of carbonyl (C=O) groups excluding carboxylic acids is 1. The Labute approximate surface area is 244 Å². The molecule has 3 aromatic heterocycles. The molecule has 0 bridgehead atoms. The molecular weight excluding hydrogens is 570 g/mol. The Balaban J connectivity index is 1.37. The van der Waals surface area contributed by atoms with Crippen molar-refractivity contribution in [2.45, 2.75) is 52.0 Å². The first-order chi connectivity index (χ1) is 19.3. The first kappa shape index (κ1) is 28.8. The fraction of sp³-hybridized carbons (Fsp3) is 0.444. The van der Waals surface area contributed by atoms with Crippen molar-refractivity contribution in [1.29, 1.82) is 0 Å². The van der Waals surface area contributed by atoms with Crippen molar-refractivity contribution in [3.63, 3.8) is 0 Å². The van der Waals surface area contributed by atoms with Gasteiger partial charge in [-0.15, -0.1) is 0 Å². The van der Waals surface area contributed by atoms with Crippen LogP contribution in [0.15, 0.2) is 24.7 Å². The number of anilines is 4. The molecule has 0 saturated heterocycles. The van der Waals surface area contributed by atoms with Crippen LogP contribution in [0.4, 0.5) is 27.8 Å². The number of nitrogens with zero attached hydrogens (tertiary/aromatic N) is 6. The summed E-state index contributed by atoms with van der Waals surface area (Å²) in [7, 11) is -3.27. The molecule has 41 heavy (non-hydrogen) atoms. The molecule has 5 rings (SSSR count). The van der Waals surface area contributed by atoms with Crippen LogP contribution in [0.1, 0.15) is 43.3 Å². The highest BCUT2D eigenvalue weighted by molar-refractivity contribution is 7.89. The van der Waals surface area contributed by atoms with Gasteiger partial charge in [0.2, 0.25) is 11.8 Å². The zero-order chi connectivity index (χ0) is 29.5. The van der Waals surface area contributed by atoms with Crippen molar-refractivity contribution < 1.29 is 22.7 Å². The predicted octanol–water partition coefficient (Wildman–Crippen LogP) is 4.21. The topological polar surface area (TPSA) is 140 Å². The quantitative estimate of drug-likeness (QED) is 0.449. The van der Waals surface area contributed by atoms with Crippen LogP contribution in [0, 0.1) is 6.92 Å². The average Bonchev–Trinajstić information content (AvgIpc) is 2.88. The maximum absolute atomic E-state index is 13.0. The maximum atomic E-state index is 13.0. The van der Waals surface area contributed by atoms with Crippen molar-refractivity contribution in [3.05, 3.63) is 52.2 Å². The lowest BCUT2D eigenvalue weighted by atomic mass is 10.0. The van der Waals surface area contributed by atoms with Crippen LogP contribution in [0.2, 0.25) is 5.02 Å². The Morgan fingerprint density at radius 1 is 1.17 bits per heavy atom. The molecule has 1 amide bonds. The largest absolute Gasteiger partial charge is 0.474 e. The van der Waals surface area contributed by atoms with Crippen molar-refractivity contribution in [3.8, 4) is 5.88 Å². The van der Waals surface area contributed by atoms with Gasteiger partial charge in [0, 0.05) is 24.6 Å². The summed E-state index contributed by atoms with van der Waals surface area (Å²) in [6.07, 6.45) is 6.49. The standard InChI is InChI=1S/C27H32ClN7O5S/c1-16-22(13-30-24-23(16)35(8-9-39-24)26(36)40-27(2,3)4)34-7-6-17-11-31-25(33-20(17)14-34)32-18-10-19(28)21(29-12-18)15-41(5,37)38/h10-13H,6-9,14-15H2,1-5H3,(H,31,32,33). The molecule has 5 heterocycles. The van der Waals surface area contributed by atoms with E-state index in [9.17, 15) is 13.2 Å². The molecule has 0 unspecified atom stereocenters. The fourth-order valence-electron chi connectivity index (χ4n) is 4.73. The highest BCUT2D eigenvalue weighted by atomic mass is 35.5. The normalized spacial score (nSPS) is 15.1. The molecule has 0 spiro atoms. The van der Waals surface area contributed by atoms with E-state index in [-0.39, 0.29) is 16.5 Å². The predicted molar refractivity (Wildman–Crippen MR) is 156 cm³/mol. The Morgan fingerprint density at radius 3 is 2.66 bits per heavy atom. The molecule has 12 nitrogen and oxygen atoms in total. The SMILES string of the molecule is Cc1c(N2CCc3cnc(Nc4cnc(CS(C)(=O)=O)c(Cl)c4)nc3C2)cnc2c1N(C(=O)OC(C)(C)C)CCO2. The summed E-state index contributed by atoms with van der Waals surface area (Å²) in [4.78, 5) is 34.7. The first-order valence-corrected chi connectivity index (χ1v) is 15.5. The second-order valence-corrected chi connectivity index (χ2v) is 13.6. The zero-order valence-electron chi connectivity index (χ0n) is 23.6. The number of pyridine rings is 2. The molecule has 0 fully saturated rings. The lowest BCUT2D eigenvalue weighted by molar-refractivity contribution is 0.0566. The molecule has 218 valence electrons. The van der Waals surface area contributed by atoms with Gasteiger partial charge in [-0.05, 0) is 45.7 Å². The molecule has 14 heteroatoms. The number of hydrogen-bond acceptors (Lipinski definition) is 11.